The number of nitrogens with zero attached hydrogens (tertiary/aromatic N) is 2. The highest BCUT2D eigenvalue weighted by Gasteiger charge is 2.23. The molecular formula is C23H18N2O2S. The number of esters is 1. The maximum absolute atomic E-state index is 12.7. The van der Waals surface area contributed by atoms with E-state index < -0.39 is 0 Å². The molecule has 0 amide bonds. The van der Waals surface area contributed by atoms with E-state index in [0.717, 1.165) is 21.7 Å². The van der Waals surface area contributed by atoms with Gasteiger partial charge >= 0.3 is 5.97 Å². The van der Waals surface area contributed by atoms with E-state index in [1.165, 1.54) is 27.7 Å². The summed E-state index contributed by atoms with van der Waals surface area (Å²) in [5, 5.41) is 2.39. The fourth-order valence-corrected chi connectivity index (χ4v) is 4.78. The molecule has 5 aromatic rings. The average Bonchev–Trinajstić information content (AvgIpc) is 3.25. The van der Waals surface area contributed by atoms with Gasteiger partial charge in [0.2, 0.25) is 0 Å². The largest absolute Gasteiger partial charge is 0.462 e. The Kier molecular flexibility index (Phi) is 4.10. The number of thiazole rings is 1. The van der Waals surface area contributed by atoms with Gasteiger partial charge in [-0.25, -0.2) is 9.78 Å². The quantitative estimate of drug-likeness (QED) is 0.385. The van der Waals surface area contributed by atoms with Crippen molar-refractivity contribution in [2.45, 2.75) is 13.3 Å². The SMILES string of the molecule is CCOC(=O)c1sc2nc3ccccc3n2c1Cc1cccc2ccccc12. The molecule has 138 valence electrons. The van der Waals surface area contributed by atoms with E-state index >= 15 is 0 Å². The Labute approximate surface area is 166 Å². The van der Waals surface area contributed by atoms with Crippen LogP contribution in [0.15, 0.2) is 66.7 Å². The highest BCUT2D eigenvalue weighted by molar-refractivity contribution is 7.19. The Bertz CT molecular complexity index is 1330. The summed E-state index contributed by atoms with van der Waals surface area (Å²) in [5.41, 5.74) is 4.06. The maximum Gasteiger partial charge on any atom is 0.350 e. The fraction of sp³-hybridized carbons (Fsp3) is 0.130. The fourth-order valence-electron chi connectivity index (χ4n) is 3.73. The number of imidazole rings is 1. The first-order valence-electron chi connectivity index (χ1n) is 9.29. The van der Waals surface area contributed by atoms with Gasteiger partial charge in [0, 0.05) is 6.42 Å². The van der Waals surface area contributed by atoms with Crippen molar-refractivity contribution in [2.24, 2.45) is 0 Å². The van der Waals surface area contributed by atoms with Gasteiger partial charge in [-0.05, 0) is 35.4 Å². The van der Waals surface area contributed by atoms with Crippen molar-refractivity contribution in [3.05, 3.63) is 82.9 Å². The minimum Gasteiger partial charge on any atom is -0.462 e. The minimum absolute atomic E-state index is 0.280. The van der Waals surface area contributed by atoms with Gasteiger partial charge in [0.05, 0.1) is 23.3 Å². The lowest BCUT2D eigenvalue weighted by Gasteiger charge is -2.09. The lowest BCUT2D eigenvalue weighted by Crippen LogP contribution is -2.07. The Balaban J connectivity index is 1.75. The van der Waals surface area contributed by atoms with Gasteiger partial charge < -0.3 is 4.74 Å². The van der Waals surface area contributed by atoms with Crippen molar-refractivity contribution >= 4 is 44.1 Å². The third kappa shape index (κ3) is 2.67. The molecule has 0 radical (unpaired) electrons. The lowest BCUT2D eigenvalue weighted by atomic mass is 10.0. The van der Waals surface area contributed by atoms with E-state index in [2.05, 4.69) is 34.7 Å². The number of rotatable bonds is 4. The van der Waals surface area contributed by atoms with E-state index in [1.807, 2.05) is 43.3 Å². The topological polar surface area (TPSA) is 43.6 Å². The summed E-state index contributed by atoms with van der Waals surface area (Å²) in [6, 6.07) is 22.7. The summed E-state index contributed by atoms with van der Waals surface area (Å²) in [6.07, 6.45) is 0.635. The normalized spacial score (nSPS) is 11.5. The van der Waals surface area contributed by atoms with E-state index in [9.17, 15) is 4.79 Å². The Hall–Kier alpha value is -3.18. The molecule has 2 aromatic heterocycles. The van der Waals surface area contributed by atoms with Gasteiger partial charge in [-0.1, -0.05) is 65.9 Å². The Morgan fingerprint density at radius 2 is 1.82 bits per heavy atom. The number of benzene rings is 3. The molecular weight excluding hydrogens is 368 g/mol. The van der Waals surface area contributed by atoms with Crippen molar-refractivity contribution in [2.75, 3.05) is 6.61 Å². The van der Waals surface area contributed by atoms with Crippen LogP contribution < -0.4 is 0 Å². The van der Waals surface area contributed by atoms with Crippen LogP contribution in [0.5, 0.6) is 0 Å². The zero-order valence-electron chi connectivity index (χ0n) is 15.4. The highest BCUT2D eigenvalue weighted by Crippen LogP contribution is 2.31. The zero-order valence-corrected chi connectivity index (χ0v) is 16.2. The number of para-hydroxylation sites is 2. The van der Waals surface area contributed by atoms with Crippen molar-refractivity contribution in [3.8, 4) is 0 Å². The first-order chi connectivity index (χ1) is 13.8. The van der Waals surface area contributed by atoms with Crippen molar-refractivity contribution in [1.29, 1.82) is 0 Å². The molecule has 0 unspecified atom stereocenters. The number of ether oxygens (including phenoxy) is 1. The molecule has 0 aliphatic carbocycles. The van der Waals surface area contributed by atoms with Crippen LogP contribution in [0.25, 0.3) is 26.8 Å². The third-order valence-corrected chi connectivity index (χ3v) is 6.02. The second-order valence-electron chi connectivity index (χ2n) is 6.63. The molecule has 4 nitrogen and oxygen atoms in total. The molecule has 0 spiro atoms. The Morgan fingerprint density at radius 1 is 1.04 bits per heavy atom. The van der Waals surface area contributed by atoms with E-state index in [-0.39, 0.29) is 5.97 Å². The van der Waals surface area contributed by atoms with Gasteiger partial charge in [-0.2, -0.15) is 0 Å². The van der Waals surface area contributed by atoms with E-state index in [4.69, 9.17) is 9.72 Å². The molecule has 5 rings (SSSR count). The number of carbonyl (C=O) groups is 1. The van der Waals surface area contributed by atoms with Crippen LogP contribution in [0.3, 0.4) is 0 Å². The summed E-state index contributed by atoms with van der Waals surface area (Å²) in [5.74, 6) is -0.280. The van der Waals surface area contributed by atoms with Crippen LogP contribution in [-0.2, 0) is 11.2 Å². The van der Waals surface area contributed by atoms with Crippen LogP contribution in [0.1, 0.15) is 27.9 Å². The predicted octanol–water partition coefficient (Wildman–Crippen LogP) is 5.47. The number of hydrogen-bond acceptors (Lipinski definition) is 4. The van der Waals surface area contributed by atoms with Crippen LogP contribution in [0.2, 0.25) is 0 Å². The van der Waals surface area contributed by atoms with Gasteiger partial charge in [0.1, 0.15) is 4.88 Å². The molecule has 0 aliphatic rings. The van der Waals surface area contributed by atoms with Crippen molar-refractivity contribution < 1.29 is 9.53 Å². The second-order valence-corrected chi connectivity index (χ2v) is 7.61. The summed E-state index contributed by atoms with van der Waals surface area (Å²) in [7, 11) is 0. The average molecular weight is 386 g/mol. The van der Waals surface area contributed by atoms with Gasteiger partial charge in [-0.3, -0.25) is 4.40 Å². The number of carbonyl (C=O) groups excluding carboxylic acids is 1. The van der Waals surface area contributed by atoms with Gasteiger partial charge in [0.15, 0.2) is 4.96 Å². The number of fused-ring (bicyclic) bond motifs is 4. The first kappa shape index (κ1) is 17.0. The molecule has 0 saturated heterocycles. The monoisotopic (exact) mass is 386 g/mol. The summed E-state index contributed by atoms with van der Waals surface area (Å²) >= 11 is 1.40. The minimum atomic E-state index is -0.280. The number of hydrogen-bond donors (Lipinski definition) is 0. The van der Waals surface area contributed by atoms with Crippen LogP contribution in [0, 0.1) is 0 Å². The standard InChI is InChI=1S/C23H18N2O2S/c1-2-27-22(26)21-20(14-16-10-7-9-15-8-3-4-11-17(15)16)25-19-13-6-5-12-18(19)24-23(25)28-21/h3-13H,2,14H2,1H3. The van der Waals surface area contributed by atoms with Crippen LogP contribution >= 0.6 is 11.3 Å². The third-order valence-electron chi connectivity index (χ3n) is 4.95. The molecule has 2 heterocycles. The number of aromatic nitrogens is 2. The zero-order chi connectivity index (χ0) is 19.1. The molecule has 0 atom stereocenters. The smallest absolute Gasteiger partial charge is 0.350 e. The predicted molar refractivity (Wildman–Crippen MR) is 113 cm³/mol. The van der Waals surface area contributed by atoms with Crippen LogP contribution in [0.4, 0.5) is 0 Å². The molecule has 0 N–H and O–H groups in total. The first-order valence-corrected chi connectivity index (χ1v) is 10.1. The molecule has 28 heavy (non-hydrogen) atoms. The van der Waals surface area contributed by atoms with E-state index in [1.54, 1.807) is 0 Å². The van der Waals surface area contributed by atoms with Gasteiger partial charge in [-0.15, -0.1) is 0 Å². The molecule has 0 bridgehead atoms. The van der Waals surface area contributed by atoms with Crippen molar-refractivity contribution in [3.63, 3.8) is 0 Å². The van der Waals surface area contributed by atoms with Crippen LogP contribution in [-0.4, -0.2) is 22.0 Å². The highest BCUT2D eigenvalue weighted by atomic mass is 32.1. The summed E-state index contributed by atoms with van der Waals surface area (Å²) < 4.78 is 7.44. The Morgan fingerprint density at radius 3 is 2.71 bits per heavy atom. The molecule has 0 aliphatic heterocycles. The maximum atomic E-state index is 12.7. The summed E-state index contributed by atoms with van der Waals surface area (Å²) in [4.78, 5) is 18.8. The molecule has 3 aromatic carbocycles. The van der Waals surface area contributed by atoms with E-state index in [0.29, 0.717) is 17.9 Å². The van der Waals surface area contributed by atoms with Crippen molar-refractivity contribution in [1.82, 2.24) is 9.38 Å². The summed E-state index contributed by atoms with van der Waals surface area (Å²) in [6.45, 7) is 2.18. The lowest BCUT2D eigenvalue weighted by molar-refractivity contribution is 0.0530. The molecule has 0 saturated carbocycles. The van der Waals surface area contributed by atoms with Gasteiger partial charge in [0.25, 0.3) is 0 Å². The molecule has 0 fully saturated rings. The molecule has 5 heteroatoms. The second kappa shape index (κ2) is 6.77.